The maximum atomic E-state index is 9.79. The number of aromatic nitrogens is 4. The number of anilines is 1. The normalized spacial score (nSPS) is 30.8. The molecule has 7 nitrogen and oxygen atoms in total. The van der Waals surface area contributed by atoms with Gasteiger partial charge in [-0.3, -0.25) is 4.57 Å². The van der Waals surface area contributed by atoms with Crippen molar-refractivity contribution in [3.05, 3.63) is 12.2 Å². The van der Waals surface area contributed by atoms with E-state index in [4.69, 9.17) is 10.5 Å². The van der Waals surface area contributed by atoms with Crippen LogP contribution in [0.5, 0.6) is 0 Å². The monoisotopic (exact) mass is 233 g/mol. The molecule has 1 saturated heterocycles. The van der Waals surface area contributed by atoms with Gasteiger partial charge in [0.05, 0.1) is 12.2 Å². The van der Waals surface area contributed by atoms with Gasteiger partial charge < -0.3 is 15.6 Å². The van der Waals surface area contributed by atoms with Crippen molar-refractivity contribution in [2.45, 2.75) is 31.3 Å². The van der Waals surface area contributed by atoms with E-state index in [1.807, 2.05) is 4.57 Å². The standard InChI is InChI=1S/C10H11N5O2/c11-9-8-10(13-3-12-9)15-6(14-8)2-5-4(16)1-7(15)17-5/h3-5,7,16H,1-2H2,(H2,11,12,13)/t4-,5-,7-/m1/s1. The molecular weight excluding hydrogens is 222 g/mol. The molecule has 3 N–H and O–H groups in total. The molecule has 2 aliphatic heterocycles. The summed E-state index contributed by atoms with van der Waals surface area (Å²) in [6, 6.07) is 0. The number of hydrogen-bond donors (Lipinski definition) is 2. The molecule has 4 heterocycles. The second-order valence-corrected chi connectivity index (χ2v) is 4.47. The fraction of sp³-hybridized carbons (Fsp3) is 0.500. The Morgan fingerprint density at radius 1 is 1.47 bits per heavy atom. The highest BCUT2D eigenvalue weighted by atomic mass is 16.5. The zero-order valence-corrected chi connectivity index (χ0v) is 8.95. The number of nitrogens with zero attached hydrogens (tertiary/aromatic N) is 4. The molecule has 88 valence electrons. The van der Waals surface area contributed by atoms with Crippen LogP contribution in [0.4, 0.5) is 5.82 Å². The molecule has 3 atom stereocenters. The summed E-state index contributed by atoms with van der Waals surface area (Å²) < 4.78 is 7.63. The lowest BCUT2D eigenvalue weighted by atomic mass is 10.1. The Morgan fingerprint density at radius 2 is 2.35 bits per heavy atom. The lowest BCUT2D eigenvalue weighted by molar-refractivity contribution is -0.0363. The minimum atomic E-state index is -0.420. The Bertz CT molecular complexity index is 608. The van der Waals surface area contributed by atoms with Crippen molar-refractivity contribution < 1.29 is 9.84 Å². The predicted octanol–water partition coefficient (Wildman–Crippen LogP) is -0.387. The van der Waals surface area contributed by atoms with Crippen molar-refractivity contribution in [1.29, 1.82) is 0 Å². The van der Waals surface area contributed by atoms with E-state index in [-0.39, 0.29) is 12.3 Å². The second-order valence-electron chi connectivity index (χ2n) is 4.47. The first-order valence-electron chi connectivity index (χ1n) is 5.55. The van der Waals surface area contributed by atoms with Gasteiger partial charge in [0.25, 0.3) is 0 Å². The lowest BCUT2D eigenvalue weighted by Gasteiger charge is -2.22. The Morgan fingerprint density at radius 3 is 3.24 bits per heavy atom. The molecule has 2 aromatic heterocycles. The van der Waals surface area contributed by atoms with E-state index in [0.29, 0.717) is 29.8 Å². The van der Waals surface area contributed by atoms with Crippen LogP contribution in [0, 0.1) is 0 Å². The van der Waals surface area contributed by atoms with E-state index in [1.54, 1.807) is 0 Å². The van der Waals surface area contributed by atoms with E-state index < -0.39 is 6.10 Å². The minimum absolute atomic E-state index is 0.154. The zero-order chi connectivity index (χ0) is 11.6. The summed E-state index contributed by atoms with van der Waals surface area (Å²) in [6.07, 6.45) is 1.83. The first kappa shape index (κ1) is 9.32. The average molecular weight is 233 g/mol. The molecule has 0 radical (unpaired) electrons. The van der Waals surface area contributed by atoms with Crippen molar-refractivity contribution in [2.75, 3.05) is 5.73 Å². The van der Waals surface area contributed by atoms with Crippen LogP contribution in [0.25, 0.3) is 11.2 Å². The Hall–Kier alpha value is -1.73. The first-order valence-corrected chi connectivity index (χ1v) is 5.55. The number of ether oxygens (including phenoxy) is 1. The van der Waals surface area contributed by atoms with Crippen LogP contribution in [-0.4, -0.2) is 36.8 Å². The van der Waals surface area contributed by atoms with Gasteiger partial charge in [-0.1, -0.05) is 0 Å². The van der Waals surface area contributed by atoms with Crippen molar-refractivity contribution in [1.82, 2.24) is 19.5 Å². The van der Waals surface area contributed by atoms with Crippen LogP contribution in [0.3, 0.4) is 0 Å². The van der Waals surface area contributed by atoms with E-state index in [0.717, 1.165) is 5.82 Å². The largest absolute Gasteiger partial charge is 0.390 e. The van der Waals surface area contributed by atoms with Crippen LogP contribution in [0.1, 0.15) is 18.5 Å². The molecule has 0 spiro atoms. The van der Waals surface area contributed by atoms with E-state index in [1.165, 1.54) is 6.33 Å². The number of fused-ring (bicyclic) bond motifs is 6. The Balaban J connectivity index is 1.99. The summed E-state index contributed by atoms with van der Waals surface area (Å²) in [5.41, 5.74) is 7.08. The molecule has 0 saturated carbocycles. The highest BCUT2D eigenvalue weighted by Gasteiger charge is 2.42. The fourth-order valence-electron chi connectivity index (χ4n) is 2.65. The molecule has 7 heteroatoms. The number of rotatable bonds is 0. The van der Waals surface area contributed by atoms with Crippen LogP contribution in [0.2, 0.25) is 0 Å². The quantitative estimate of drug-likeness (QED) is 0.643. The van der Waals surface area contributed by atoms with Gasteiger partial charge in [-0.2, -0.15) is 0 Å². The number of nitrogen functional groups attached to an aromatic ring is 1. The molecule has 2 aliphatic rings. The van der Waals surface area contributed by atoms with Gasteiger partial charge in [0.15, 0.2) is 17.0 Å². The highest BCUT2D eigenvalue weighted by Crippen LogP contribution is 2.38. The van der Waals surface area contributed by atoms with Crippen molar-refractivity contribution in [3.8, 4) is 0 Å². The third kappa shape index (κ3) is 1.10. The van der Waals surface area contributed by atoms with Crippen LogP contribution >= 0.6 is 0 Å². The number of hydrogen-bond acceptors (Lipinski definition) is 6. The SMILES string of the molecule is Nc1ncnc2c1nc1n2[C@H]2C[C@@H](O)[C@@H](C1)O2. The molecule has 0 aliphatic carbocycles. The first-order chi connectivity index (χ1) is 8.24. The molecule has 0 aromatic carbocycles. The molecule has 4 rings (SSSR count). The van der Waals surface area contributed by atoms with Crippen LogP contribution in [0.15, 0.2) is 6.33 Å². The molecule has 0 unspecified atom stereocenters. The summed E-state index contributed by atoms with van der Waals surface area (Å²) in [5, 5.41) is 9.79. The zero-order valence-electron chi connectivity index (χ0n) is 8.95. The topological polar surface area (TPSA) is 99.1 Å². The number of nitrogens with two attached hydrogens (primary N) is 1. The van der Waals surface area contributed by atoms with E-state index >= 15 is 0 Å². The van der Waals surface area contributed by atoms with Gasteiger partial charge in [0.1, 0.15) is 18.4 Å². The summed E-state index contributed by atoms with van der Waals surface area (Å²) in [4.78, 5) is 12.6. The highest BCUT2D eigenvalue weighted by molar-refractivity contribution is 5.82. The number of imidazole rings is 1. The molecular formula is C10H11N5O2. The van der Waals surface area contributed by atoms with Gasteiger partial charge in [0, 0.05) is 12.8 Å². The van der Waals surface area contributed by atoms with Crippen LogP contribution in [-0.2, 0) is 11.2 Å². The Kier molecular flexibility index (Phi) is 1.61. The summed E-state index contributed by atoms with van der Waals surface area (Å²) in [6.45, 7) is 0. The van der Waals surface area contributed by atoms with Crippen molar-refractivity contribution in [3.63, 3.8) is 0 Å². The average Bonchev–Trinajstić information content (AvgIpc) is 2.81. The maximum Gasteiger partial charge on any atom is 0.167 e. The van der Waals surface area contributed by atoms with E-state index in [2.05, 4.69) is 15.0 Å². The van der Waals surface area contributed by atoms with Gasteiger partial charge >= 0.3 is 0 Å². The Labute approximate surface area is 96.3 Å². The molecule has 1 fully saturated rings. The summed E-state index contributed by atoms with van der Waals surface area (Å²) in [7, 11) is 0. The molecule has 2 aromatic rings. The van der Waals surface area contributed by atoms with Gasteiger partial charge in [-0.15, -0.1) is 0 Å². The minimum Gasteiger partial charge on any atom is -0.390 e. The second kappa shape index (κ2) is 2.93. The van der Waals surface area contributed by atoms with Crippen molar-refractivity contribution in [2.24, 2.45) is 0 Å². The predicted molar refractivity (Wildman–Crippen MR) is 58.0 cm³/mol. The van der Waals surface area contributed by atoms with Crippen molar-refractivity contribution >= 4 is 17.0 Å². The van der Waals surface area contributed by atoms with E-state index in [9.17, 15) is 5.11 Å². The molecule has 0 amide bonds. The molecule has 2 bridgehead atoms. The third-order valence-corrected chi connectivity index (χ3v) is 3.45. The van der Waals surface area contributed by atoms with Gasteiger partial charge in [-0.05, 0) is 0 Å². The van der Waals surface area contributed by atoms with Gasteiger partial charge in [-0.25, -0.2) is 15.0 Å². The van der Waals surface area contributed by atoms with Gasteiger partial charge in [0.2, 0.25) is 0 Å². The van der Waals surface area contributed by atoms with Crippen LogP contribution < -0.4 is 5.73 Å². The number of aliphatic hydroxyl groups is 1. The maximum absolute atomic E-state index is 9.79. The number of aliphatic hydroxyl groups excluding tert-OH is 1. The smallest absolute Gasteiger partial charge is 0.167 e. The summed E-state index contributed by atoms with van der Waals surface area (Å²) >= 11 is 0. The fourth-order valence-corrected chi connectivity index (χ4v) is 2.65. The lowest BCUT2D eigenvalue weighted by Crippen LogP contribution is -2.27. The summed E-state index contributed by atoms with van der Waals surface area (Å²) in [5.74, 6) is 1.25. The molecule has 17 heavy (non-hydrogen) atoms. The third-order valence-electron chi connectivity index (χ3n) is 3.45.